The summed E-state index contributed by atoms with van der Waals surface area (Å²) in [5.74, 6) is 0. The largest absolute Gasteiger partial charge is 0.335 e. The minimum absolute atomic E-state index is 0.182. The van der Waals surface area contributed by atoms with Gasteiger partial charge in [-0.25, -0.2) is 4.85 Å². The van der Waals surface area contributed by atoms with Crippen LogP contribution in [0.2, 0.25) is 0 Å². The van der Waals surface area contributed by atoms with Crippen LogP contribution < -0.4 is 5.56 Å². The predicted molar refractivity (Wildman–Crippen MR) is 67.3 cm³/mol. The van der Waals surface area contributed by atoms with E-state index in [1.54, 1.807) is 6.92 Å². The summed E-state index contributed by atoms with van der Waals surface area (Å²) in [6.45, 7) is 8.71. The Labute approximate surface area is 99.6 Å². The fourth-order valence-electron chi connectivity index (χ4n) is 1.80. The number of benzene rings is 1. The molecule has 0 amide bonds. The predicted octanol–water partition coefficient (Wildman–Crippen LogP) is 2.82. The number of nitrogens with zero attached hydrogens (tertiary/aromatic N) is 1. The fraction of sp³-hybridized carbons (Fsp3) is 0.143. The molecular formula is C14H12N2O. The van der Waals surface area contributed by atoms with Crippen molar-refractivity contribution in [2.75, 3.05) is 0 Å². The van der Waals surface area contributed by atoms with Gasteiger partial charge in [-0.3, -0.25) is 4.79 Å². The molecule has 0 saturated carbocycles. The topological polar surface area (TPSA) is 37.2 Å². The number of aryl methyl sites for hydroxylation is 1. The molecule has 0 aliphatic rings. The van der Waals surface area contributed by atoms with E-state index >= 15 is 0 Å². The van der Waals surface area contributed by atoms with Gasteiger partial charge in [0, 0.05) is 12.1 Å². The van der Waals surface area contributed by atoms with Crippen molar-refractivity contribution in [1.29, 1.82) is 0 Å². The van der Waals surface area contributed by atoms with Gasteiger partial charge in [-0.05, 0) is 24.1 Å². The molecule has 0 radical (unpaired) electrons. The lowest BCUT2D eigenvalue weighted by Crippen LogP contribution is -2.09. The third-order valence-corrected chi connectivity index (χ3v) is 2.60. The molecule has 2 aromatic rings. The van der Waals surface area contributed by atoms with Crippen LogP contribution in [0.25, 0.3) is 4.85 Å². The molecule has 3 heteroatoms. The zero-order chi connectivity index (χ0) is 12.3. The van der Waals surface area contributed by atoms with Gasteiger partial charge in [-0.1, -0.05) is 30.3 Å². The molecule has 0 saturated heterocycles. The fourth-order valence-corrected chi connectivity index (χ4v) is 1.80. The first kappa shape index (κ1) is 11.2. The van der Waals surface area contributed by atoms with Crippen molar-refractivity contribution in [3.05, 3.63) is 75.0 Å². The first-order valence-electron chi connectivity index (χ1n) is 5.35. The van der Waals surface area contributed by atoms with Crippen LogP contribution in [0.3, 0.4) is 0 Å². The molecule has 1 aromatic heterocycles. The second-order valence-electron chi connectivity index (χ2n) is 3.93. The monoisotopic (exact) mass is 224 g/mol. The van der Waals surface area contributed by atoms with Crippen molar-refractivity contribution in [3.63, 3.8) is 0 Å². The van der Waals surface area contributed by atoms with E-state index in [0.717, 1.165) is 16.8 Å². The van der Waals surface area contributed by atoms with Crippen molar-refractivity contribution < 1.29 is 0 Å². The lowest BCUT2D eigenvalue weighted by molar-refractivity contribution is 1.04. The van der Waals surface area contributed by atoms with Crippen LogP contribution in [0.4, 0.5) is 5.69 Å². The zero-order valence-corrected chi connectivity index (χ0v) is 9.53. The lowest BCUT2D eigenvalue weighted by Gasteiger charge is -2.04. The Morgan fingerprint density at radius 3 is 2.59 bits per heavy atom. The van der Waals surface area contributed by atoms with Crippen molar-refractivity contribution in [2.24, 2.45) is 0 Å². The number of aromatic amines is 1. The van der Waals surface area contributed by atoms with Crippen molar-refractivity contribution in [1.82, 2.24) is 4.98 Å². The second-order valence-corrected chi connectivity index (χ2v) is 3.93. The van der Waals surface area contributed by atoms with E-state index in [-0.39, 0.29) is 11.2 Å². The Kier molecular flexibility index (Phi) is 3.06. The van der Waals surface area contributed by atoms with E-state index in [0.29, 0.717) is 6.42 Å². The van der Waals surface area contributed by atoms with E-state index < -0.39 is 0 Å². The molecule has 0 spiro atoms. The van der Waals surface area contributed by atoms with Crippen molar-refractivity contribution in [2.45, 2.75) is 13.3 Å². The summed E-state index contributed by atoms with van der Waals surface area (Å²) in [6.07, 6.45) is 0.676. The molecule has 0 atom stereocenters. The number of aromatic nitrogens is 1. The van der Waals surface area contributed by atoms with Gasteiger partial charge in [0.15, 0.2) is 0 Å². The second kappa shape index (κ2) is 4.67. The highest BCUT2D eigenvalue weighted by Crippen LogP contribution is 2.14. The molecule has 1 aromatic carbocycles. The van der Waals surface area contributed by atoms with Gasteiger partial charge < -0.3 is 4.98 Å². The summed E-state index contributed by atoms with van der Waals surface area (Å²) in [5, 5.41) is 0. The first-order chi connectivity index (χ1) is 8.20. The first-order valence-corrected chi connectivity index (χ1v) is 5.35. The molecule has 3 nitrogen and oxygen atoms in total. The Morgan fingerprint density at radius 1 is 1.29 bits per heavy atom. The van der Waals surface area contributed by atoms with Crippen LogP contribution >= 0.6 is 0 Å². The van der Waals surface area contributed by atoms with Gasteiger partial charge in [-0.15, -0.1) is 0 Å². The minimum Gasteiger partial charge on any atom is -0.335 e. The molecule has 1 N–H and O–H groups in total. The van der Waals surface area contributed by atoms with Crippen LogP contribution in [0.5, 0.6) is 0 Å². The zero-order valence-electron chi connectivity index (χ0n) is 9.53. The van der Waals surface area contributed by atoms with Crippen LogP contribution in [-0.2, 0) is 6.42 Å². The number of hydrogen-bond donors (Lipinski definition) is 1. The summed E-state index contributed by atoms with van der Waals surface area (Å²) < 4.78 is 0. The highest BCUT2D eigenvalue weighted by atomic mass is 16.1. The Morgan fingerprint density at radius 2 is 2.00 bits per heavy atom. The standard InChI is InChI=1S/C14H12N2O/c1-10-8-12(16-14(17)13(10)15-2)9-11-6-4-3-5-7-11/h3-8H,9H2,1H3,(H,16,17). The van der Waals surface area contributed by atoms with Gasteiger partial charge in [0.25, 0.3) is 11.2 Å². The minimum atomic E-state index is -0.300. The number of rotatable bonds is 2. The van der Waals surface area contributed by atoms with Crippen LogP contribution in [-0.4, -0.2) is 4.98 Å². The molecule has 84 valence electrons. The third-order valence-electron chi connectivity index (χ3n) is 2.60. The molecule has 0 aliphatic heterocycles. The van der Waals surface area contributed by atoms with E-state index in [1.165, 1.54) is 0 Å². The van der Waals surface area contributed by atoms with E-state index in [1.807, 2.05) is 36.4 Å². The third kappa shape index (κ3) is 2.43. The van der Waals surface area contributed by atoms with Crippen LogP contribution in [0, 0.1) is 13.5 Å². The summed E-state index contributed by atoms with van der Waals surface area (Å²) in [7, 11) is 0. The summed E-state index contributed by atoms with van der Waals surface area (Å²) in [5.41, 5.74) is 2.59. The number of H-pyrrole nitrogens is 1. The highest BCUT2D eigenvalue weighted by molar-refractivity contribution is 5.50. The molecule has 17 heavy (non-hydrogen) atoms. The highest BCUT2D eigenvalue weighted by Gasteiger charge is 2.06. The Hall–Kier alpha value is -2.34. The van der Waals surface area contributed by atoms with Gasteiger partial charge in [0.1, 0.15) is 0 Å². The molecule has 1 heterocycles. The average molecular weight is 224 g/mol. The molecule has 0 bridgehead atoms. The molecule has 0 unspecified atom stereocenters. The summed E-state index contributed by atoms with van der Waals surface area (Å²) in [6, 6.07) is 11.8. The smallest absolute Gasteiger partial charge is 0.254 e. The SMILES string of the molecule is [C-]#[N+]c1c(C)cc(Cc2ccccc2)[nH]c1=O. The maximum absolute atomic E-state index is 11.6. The van der Waals surface area contributed by atoms with Gasteiger partial charge in [0.2, 0.25) is 0 Å². The molecule has 2 rings (SSSR count). The number of nitrogens with one attached hydrogen (secondary N) is 1. The number of pyridine rings is 1. The van der Waals surface area contributed by atoms with Crippen molar-refractivity contribution in [3.8, 4) is 0 Å². The number of hydrogen-bond acceptors (Lipinski definition) is 1. The van der Waals surface area contributed by atoms with E-state index in [9.17, 15) is 4.79 Å². The van der Waals surface area contributed by atoms with Crippen molar-refractivity contribution >= 4 is 5.69 Å². The summed E-state index contributed by atoms with van der Waals surface area (Å²) in [4.78, 5) is 17.6. The lowest BCUT2D eigenvalue weighted by atomic mass is 10.1. The maximum Gasteiger partial charge on any atom is 0.254 e. The van der Waals surface area contributed by atoms with Gasteiger partial charge in [-0.2, -0.15) is 0 Å². The molecular weight excluding hydrogens is 212 g/mol. The van der Waals surface area contributed by atoms with Gasteiger partial charge in [0.05, 0.1) is 6.57 Å². The molecule has 0 aliphatic carbocycles. The van der Waals surface area contributed by atoms with E-state index in [4.69, 9.17) is 6.57 Å². The normalized spacial score (nSPS) is 9.88. The van der Waals surface area contributed by atoms with Gasteiger partial charge >= 0.3 is 0 Å². The Bertz CT molecular complexity index is 621. The maximum atomic E-state index is 11.6. The average Bonchev–Trinajstić information content (AvgIpc) is 2.30. The molecule has 0 fully saturated rings. The quantitative estimate of drug-likeness (QED) is 0.782. The Balaban J connectivity index is 2.37. The summed E-state index contributed by atoms with van der Waals surface area (Å²) >= 11 is 0. The van der Waals surface area contributed by atoms with Crippen LogP contribution in [0.15, 0.2) is 41.2 Å². The van der Waals surface area contributed by atoms with E-state index in [2.05, 4.69) is 9.83 Å². The van der Waals surface area contributed by atoms with Crippen LogP contribution in [0.1, 0.15) is 16.8 Å².